The molecule has 0 radical (unpaired) electrons. The molecule has 7 nitrogen and oxygen atoms in total. The van der Waals surface area contributed by atoms with Crippen LogP contribution in [0.15, 0.2) is 41.8 Å². The van der Waals surface area contributed by atoms with Crippen LogP contribution >= 0.6 is 0 Å². The van der Waals surface area contributed by atoms with Crippen LogP contribution in [0.3, 0.4) is 0 Å². The molecule has 1 atom stereocenters. The zero-order valence-corrected chi connectivity index (χ0v) is 15.6. The Labute approximate surface area is 154 Å². The van der Waals surface area contributed by atoms with E-state index in [0.717, 1.165) is 51.7 Å². The van der Waals surface area contributed by atoms with Gasteiger partial charge < -0.3 is 0 Å². The van der Waals surface area contributed by atoms with E-state index in [4.69, 9.17) is 0 Å². The molecule has 2 fully saturated rings. The van der Waals surface area contributed by atoms with Gasteiger partial charge in [0.25, 0.3) is 0 Å². The fraction of sp³-hybridized carbons (Fsp3) is 0.556. The van der Waals surface area contributed by atoms with Gasteiger partial charge in [0.05, 0.1) is 6.20 Å². The molecule has 0 amide bonds. The van der Waals surface area contributed by atoms with Crippen LogP contribution < -0.4 is 4.72 Å². The average molecular weight is 375 g/mol. The second kappa shape index (κ2) is 7.09. The van der Waals surface area contributed by atoms with Gasteiger partial charge in [0.1, 0.15) is 4.90 Å². The Balaban J connectivity index is 1.41. The molecular weight excluding hydrogens is 350 g/mol. The molecule has 26 heavy (non-hydrogen) atoms. The van der Waals surface area contributed by atoms with Crippen molar-refractivity contribution >= 4 is 10.0 Å². The van der Waals surface area contributed by atoms with E-state index in [9.17, 15) is 8.42 Å². The van der Waals surface area contributed by atoms with Gasteiger partial charge in [-0.1, -0.05) is 6.42 Å². The van der Waals surface area contributed by atoms with E-state index in [1.807, 2.05) is 12.4 Å². The highest BCUT2D eigenvalue weighted by Gasteiger charge is 2.46. The van der Waals surface area contributed by atoms with Gasteiger partial charge in [0.2, 0.25) is 10.0 Å². The zero-order chi connectivity index (χ0) is 18.0. The van der Waals surface area contributed by atoms with Crippen LogP contribution in [0.5, 0.6) is 0 Å². The maximum Gasteiger partial charge on any atom is 0.243 e. The zero-order valence-electron chi connectivity index (χ0n) is 14.8. The average Bonchev–Trinajstić information content (AvgIpc) is 3.30. The van der Waals surface area contributed by atoms with Crippen molar-refractivity contribution in [1.29, 1.82) is 0 Å². The molecule has 8 heteroatoms. The van der Waals surface area contributed by atoms with Crippen LogP contribution in [-0.4, -0.2) is 47.6 Å². The number of likely N-dealkylation sites (tertiary alicyclic amines) is 1. The Morgan fingerprint density at radius 3 is 2.69 bits per heavy atom. The highest BCUT2D eigenvalue weighted by Crippen LogP contribution is 2.47. The number of hydrogen-bond donors (Lipinski definition) is 2. The van der Waals surface area contributed by atoms with Crippen molar-refractivity contribution < 1.29 is 8.42 Å². The predicted octanol–water partition coefficient (Wildman–Crippen LogP) is 1.92. The maximum atomic E-state index is 12.6. The molecular formula is C18H25N5O2S. The van der Waals surface area contributed by atoms with Crippen LogP contribution in [0.2, 0.25) is 0 Å². The van der Waals surface area contributed by atoms with E-state index >= 15 is 0 Å². The van der Waals surface area contributed by atoms with Gasteiger partial charge in [0.15, 0.2) is 0 Å². The van der Waals surface area contributed by atoms with E-state index in [1.54, 1.807) is 0 Å². The summed E-state index contributed by atoms with van der Waals surface area (Å²) in [4.78, 5) is 6.75. The minimum absolute atomic E-state index is 0.0190. The van der Waals surface area contributed by atoms with Crippen molar-refractivity contribution in [3.63, 3.8) is 0 Å². The molecule has 3 heterocycles. The van der Waals surface area contributed by atoms with E-state index < -0.39 is 10.0 Å². The summed E-state index contributed by atoms with van der Waals surface area (Å²) >= 11 is 0. The number of rotatable bonds is 5. The molecule has 1 unspecified atom stereocenters. The van der Waals surface area contributed by atoms with Gasteiger partial charge in [-0.15, -0.1) is 0 Å². The summed E-state index contributed by atoms with van der Waals surface area (Å²) in [6.45, 7) is 2.95. The van der Waals surface area contributed by atoms with E-state index in [-0.39, 0.29) is 16.4 Å². The second-order valence-electron chi connectivity index (χ2n) is 7.49. The van der Waals surface area contributed by atoms with Crippen LogP contribution in [0, 0.1) is 5.41 Å². The molecule has 2 aromatic rings. The second-order valence-corrected chi connectivity index (χ2v) is 9.21. The third kappa shape index (κ3) is 3.54. The standard InChI is InChI=1S/C18H25N5O2S/c24-26(25,16-12-20-21-13-16)22-17-2-1-5-18(17)6-10-23(11-7-18)14-15-3-8-19-9-4-15/h3-4,8-9,12-13,17,22H,1-2,5-7,10-11,14H2,(H,20,21). The largest absolute Gasteiger partial charge is 0.299 e. The Morgan fingerprint density at radius 2 is 2.00 bits per heavy atom. The van der Waals surface area contributed by atoms with E-state index in [0.29, 0.717) is 0 Å². The number of hydrogen-bond acceptors (Lipinski definition) is 5. The molecule has 140 valence electrons. The lowest BCUT2D eigenvalue weighted by atomic mass is 9.74. The molecule has 1 aliphatic carbocycles. The maximum absolute atomic E-state index is 12.6. The molecule has 1 saturated carbocycles. The van der Waals surface area contributed by atoms with Crippen molar-refractivity contribution in [2.45, 2.75) is 49.6 Å². The summed E-state index contributed by atoms with van der Waals surface area (Å²) in [5, 5.41) is 6.34. The van der Waals surface area contributed by atoms with Crippen molar-refractivity contribution in [3.8, 4) is 0 Å². The van der Waals surface area contributed by atoms with Crippen molar-refractivity contribution in [1.82, 2.24) is 24.8 Å². The molecule has 1 saturated heterocycles. The molecule has 1 spiro atoms. The Hall–Kier alpha value is -1.77. The minimum atomic E-state index is -3.50. The molecule has 2 aliphatic rings. The van der Waals surface area contributed by atoms with E-state index in [1.165, 1.54) is 18.0 Å². The summed E-state index contributed by atoms with van der Waals surface area (Å²) in [6, 6.07) is 4.13. The summed E-state index contributed by atoms with van der Waals surface area (Å²) in [5.41, 5.74) is 1.37. The summed E-state index contributed by atoms with van der Waals surface area (Å²) in [6.07, 6.45) is 11.6. The van der Waals surface area contributed by atoms with Gasteiger partial charge in [0, 0.05) is 31.2 Å². The number of H-pyrrole nitrogens is 1. The van der Waals surface area contributed by atoms with Crippen LogP contribution in [0.1, 0.15) is 37.7 Å². The van der Waals surface area contributed by atoms with Crippen molar-refractivity contribution in [2.75, 3.05) is 13.1 Å². The first-order valence-corrected chi connectivity index (χ1v) is 10.7. The number of sulfonamides is 1. The molecule has 0 aromatic carbocycles. The fourth-order valence-corrected chi connectivity index (χ4v) is 5.74. The quantitative estimate of drug-likeness (QED) is 0.833. The number of nitrogens with zero attached hydrogens (tertiary/aromatic N) is 3. The van der Waals surface area contributed by atoms with Gasteiger partial charge in [-0.05, 0) is 61.9 Å². The molecule has 1 aliphatic heterocycles. The topological polar surface area (TPSA) is 91.0 Å². The van der Waals surface area contributed by atoms with Crippen LogP contribution in [-0.2, 0) is 16.6 Å². The van der Waals surface area contributed by atoms with Gasteiger partial charge in [-0.3, -0.25) is 15.0 Å². The van der Waals surface area contributed by atoms with Crippen LogP contribution in [0.4, 0.5) is 0 Å². The smallest absolute Gasteiger partial charge is 0.243 e. The van der Waals surface area contributed by atoms with Gasteiger partial charge in [-0.2, -0.15) is 5.10 Å². The number of aromatic amines is 1. The fourth-order valence-electron chi connectivity index (χ4n) is 4.47. The number of aromatic nitrogens is 3. The normalized spacial score (nSPS) is 23.5. The third-order valence-corrected chi connectivity index (χ3v) is 7.43. The number of nitrogens with one attached hydrogen (secondary N) is 2. The van der Waals surface area contributed by atoms with Gasteiger partial charge in [-0.25, -0.2) is 13.1 Å². The SMILES string of the molecule is O=S(=O)(NC1CCCC12CCN(Cc1ccncc1)CC2)c1cn[nH]c1. The first-order valence-electron chi connectivity index (χ1n) is 9.20. The summed E-state index contributed by atoms with van der Waals surface area (Å²) < 4.78 is 28.2. The minimum Gasteiger partial charge on any atom is -0.299 e. The van der Waals surface area contributed by atoms with Crippen molar-refractivity contribution in [3.05, 3.63) is 42.5 Å². The monoisotopic (exact) mass is 375 g/mol. The Kier molecular flexibility index (Phi) is 4.81. The number of pyridine rings is 1. The first kappa shape index (κ1) is 17.6. The first-order chi connectivity index (χ1) is 12.6. The summed E-state index contributed by atoms with van der Waals surface area (Å²) in [7, 11) is -3.50. The summed E-state index contributed by atoms with van der Waals surface area (Å²) in [5.74, 6) is 0. The lowest BCUT2D eigenvalue weighted by molar-refractivity contribution is 0.0860. The lowest BCUT2D eigenvalue weighted by Gasteiger charge is -2.43. The molecule has 2 N–H and O–H groups in total. The van der Waals surface area contributed by atoms with Crippen molar-refractivity contribution in [2.24, 2.45) is 5.41 Å². The molecule has 0 bridgehead atoms. The van der Waals surface area contributed by atoms with Crippen LogP contribution in [0.25, 0.3) is 0 Å². The Morgan fingerprint density at radius 1 is 1.23 bits per heavy atom. The molecule has 4 rings (SSSR count). The van der Waals surface area contributed by atoms with E-state index in [2.05, 4.69) is 36.9 Å². The highest BCUT2D eigenvalue weighted by atomic mass is 32.2. The third-order valence-electron chi connectivity index (χ3n) is 5.99. The van der Waals surface area contributed by atoms with Gasteiger partial charge >= 0.3 is 0 Å². The number of piperidine rings is 1. The Bertz CT molecular complexity index is 815. The molecule has 2 aromatic heterocycles. The highest BCUT2D eigenvalue weighted by molar-refractivity contribution is 7.89. The predicted molar refractivity (Wildman–Crippen MR) is 97.7 cm³/mol. The lowest BCUT2D eigenvalue weighted by Crippen LogP contribution is -2.50.